The van der Waals surface area contributed by atoms with E-state index in [0.29, 0.717) is 12.4 Å². The Kier molecular flexibility index (Phi) is 3.09. The van der Waals surface area contributed by atoms with Gasteiger partial charge in [0.2, 0.25) is 0 Å². The summed E-state index contributed by atoms with van der Waals surface area (Å²) >= 11 is 0. The van der Waals surface area contributed by atoms with Crippen LogP contribution in [0.5, 0.6) is 0 Å². The van der Waals surface area contributed by atoms with E-state index >= 15 is 0 Å². The number of hydrogen-bond acceptors (Lipinski definition) is 6. The molecule has 0 radical (unpaired) electrons. The highest BCUT2D eigenvalue weighted by Gasteiger charge is 2.09. The summed E-state index contributed by atoms with van der Waals surface area (Å²) in [5.41, 5.74) is 6.21. The van der Waals surface area contributed by atoms with Crippen LogP contribution in [0.2, 0.25) is 0 Å². The van der Waals surface area contributed by atoms with Crippen molar-refractivity contribution in [2.24, 2.45) is 7.05 Å². The Labute approximate surface area is 103 Å². The van der Waals surface area contributed by atoms with Crippen LogP contribution in [-0.2, 0) is 13.6 Å². The molecular weight excluding hydrogens is 236 g/mol. The van der Waals surface area contributed by atoms with Crippen molar-refractivity contribution in [3.05, 3.63) is 40.2 Å². The predicted molar refractivity (Wildman–Crippen MR) is 65.8 cm³/mol. The van der Waals surface area contributed by atoms with Gasteiger partial charge in [-0.2, -0.15) is 5.10 Å². The Hall–Kier alpha value is -2.64. The molecule has 8 nitrogen and oxygen atoms in total. The molecule has 8 heteroatoms. The van der Waals surface area contributed by atoms with Crippen molar-refractivity contribution in [3.63, 3.8) is 0 Å². The lowest BCUT2D eigenvalue weighted by Gasteiger charge is -2.04. The number of anilines is 2. The number of nitrogens with one attached hydrogen (secondary N) is 1. The highest BCUT2D eigenvalue weighted by Crippen LogP contribution is 2.18. The summed E-state index contributed by atoms with van der Waals surface area (Å²) in [7, 11) is 1.81. The van der Waals surface area contributed by atoms with Crippen LogP contribution >= 0.6 is 0 Å². The van der Waals surface area contributed by atoms with Crippen molar-refractivity contribution in [1.29, 1.82) is 0 Å². The van der Waals surface area contributed by atoms with Gasteiger partial charge in [-0.25, -0.2) is 4.98 Å². The fourth-order valence-corrected chi connectivity index (χ4v) is 1.47. The van der Waals surface area contributed by atoms with E-state index in [1.54, 1.807) is 4.68 Å². The lowest BCUT2D eigenvalue weighted by Crippen LogP contribution is -2.05. The second kappa shape index (κ2) is 4.70. The molecule has 0 aromatic carbocycles. The molecule has 0 aliphatic rings. The molecule has 2 rings (SSSR count). The van der Waals surface area contributed by atoms with Crippen molar-refractivity contribution >= 4 is 17.3 Å². The molecule has 0 bridgehead atoms. The van der Waals surface area contributed by atoms with Crippen LogP contribution in [0.3, 0.4) is 0 Å². The number of aromatic nitrogens is 3. The van der Waals surface area contributed by atoms with E-state index in [1.807, 2.05) is 19.3 Å². The first-order valence-electron chi connectivity index (χ1n) is 5.19. The standard InChI is InChI=1S/C10H12N6O2/c1-15-3-2-7(14-15)6-12-10-5-8(16(17)18)4-9(11)13-10/h2-5H,6H2,1H3,(H3,11,12,13). The van der Waals surface area contributed by atoms with Gasteiger partial charge in [0.1, 0.15) is 11.6 Å². The Morgan fingerprint density at radius 3 is 2.94 bits per heavy atom. The number of nitrogens with zero attached hydrogens (tertiary/aromatic N) is 4. The average Bonchev–Trinajstić information content (AvgIpc) is 2.72. The van der Waals surface area contributed by atoms with Crippen LogP contribution in [0, 0.1) is 10.1 Å². The van der Waals surface area contributed by atoms with Crippen molar-refractivity contribution in [2.45, 2.75) is 6.54 Å². The van der Waals surface area contributed by atoms with Crippen LogP contribution in [0.4, 0.5) is 17.3 Å². The first-order valence-corrected chi connectivity index (χ1v) is 5.19. The zero-order valence-corrected chi connectivity index (χ0v) is 9.70. The summed E-state index contributed by atoms with van der Waals surface area (Å²) in [6, 6.07) is 4.39. The molecule has 3 N–H and O–H groups in total. The third kappa shape index (κ3) is 2.73. The minimum Gasteiger partial charge on any atom is -0.383 e. The van der Waals surface area contributed by atoms with E-state index in [-0.39, 0.29) is 11.5 Å². The lowest BCUT2D eigenvalue weighted by atomic mass is 10.3. The Morgan fingerprint density at radius 1 is 1.56 bits per heavy atom. The minimum absolute atomic E-state index is 0.0916. The molecule has 0 spiro atoms. The first kappa shape index (κ1) is 11.8. The zero-order valence-electron chi connectivity index (χ0n) is 9.70. The highest BCUT2D eigenvalue weighted by atomic mass is 16.6. The van der Waals surface area contributed by atoms with Crippen molar-refractivity contribution in [3.8, 4) is 0 Å². The van der Waals surface area contributed by atoms with Crippen molar-refractivity contribution in [2.75, 3.05) is 11.1 Å². The van der Waals surface area contributed by atoms with E-state index in [1.165, 1.54) is 12.1 Å². The number of nitro groups is 1. The number of rotatable bonds is 4. The van der Waals surface area contributed by atoms with Gasteiger partial charge in [-0.3, -0.25) is 14.8 Å². The maximum Gasteiger partial charge on any atom is 0.276 e. The molecule has 0 atom stereocenters. The van der Waals surface area contributed by atoms with E-state index < -0.39 is 4.92 Å². The minimum atomic E-state index is -0.510. The summed E-state index contributed by atoms with van der Waals surface area (Å²) in [5.74, 6) is 0.458. The van der Waals surface area contributed by atoms with Gasteiger partial charge in [-0.1, -0.05) is 0 Å². The largest absolute Gasteiger partial charge is 0.383 e. The SMILES string of the molecule is Cn1ccc(CNc2cc([N+](=O)[O-])cc(N)n2)n1. The fraction of sp³-hybridized carbons (Fsp3) is 0.200. The second-order valence-electron chi connectivity index (χ2n) is 3.73. The lowest BCUT2D eigenvalue weighted by molar-refractivity contribution is -0.384. The summed E-state index contributed by atoms with van der Waals surface area (Å²) in [5, 5.41) is 17.8. The van der Waals surface area contributed by atoms with Crippen LogP contribution in [0.1, 0.15) is 5.69 Å². The smallest absolute Gasteiger partial charge is 0.276 e. The molecule has 2 heterocycles. The summed E-state index contributed by atoms with van der Waals surface area (Å²) < 4.78 is 1.67. The number of nitrogen functional groups attached to an aromatic ring is 1. The molecule has 0 amide bonds. The molecule has 94 valence electrons. The molecule has 0 saturated heterocycles. The number of pyridine rings is 1. The third-order valence-corrected chi connectivity index (χ3v) is 2.26. The molecule has 2 aromatic heterocycles. The number of aryl methyl sites for hydroxylation is 1. The van der Waals surface area contributed by atoms with Gasteiger partial charge in [0.25, 0.3) is 5.69 Å². The number of hydrogen-bond donors (Lipinski definition) is 2. The first-order chi connectivity index (χ1) is 8.54. The number of nitrogens with two attached hydrogens (primary N) is 1. The summed E-state index contributed by atoms with van der Waals surface area (Å²) in [4.78, 5) is 14.1. The topological polar surface area (TPSA) is 112 Å². The monoisotopic (exact) mass is 248 g/mol. The molecule has 2 aromatic rings. The van der Waals surface area contributed by atoms with Gasteiger partial charge in [0, 0.05) is 13.2 Å². The second-order valence-corrected chi connectivity index (χ2v) is 3.73. The van der Waals surface area contributed by atoms with E-state index in [4.69, 9.17) is 5.73 Å². The Balaban J connectivity index is 2.11. The van der Waals surface area contributed by atoms with Gasteiger partial charge < -0.3 is 11.1 Å². The molecule has 0 aliphatic carbocycles. The highest BCUT2D eigenvalue weighted by molar-refractivity contribution is 5.52. The molecular formula is C10H12N6O2. The molecule has 0 fully saturated rings. The third-order valence-electron chi connectivity index (χ3n) is 2.26. The quantitative estimate of drug-likeness (QED) is 0.614. The summed E-state index contributed by atoms with van der Waals surface area (Å²) in [6.07, 6.45) is 1.81. The van der Waals surface area contributed by atoms with Crippen molar-refractivity contribution in [1.82, 2.24) is 14.8 Å². The van der Waals surface area contributed by atoms with Crippen LogP contribution < -0.4 is 11.1 Å². The van der Waals surface area contributed by atoms with E-state index in [0.717, 1.165) is 5.69 Å². The van der Waals surface area contributed by atoms with Gasteiger partial charge in [0.05, 0.1) is 29.3 Å². The van der Waals surface area contributed by atoms with E-state index in [9.17, 15) is 10.1 Å². The average molecular weight is 248 g/mol. The van der Waals surface area contributed by atoms with E-state index in [2.05, 4.69) is 15.4 Å². The molecule has 18 heavy (non-hydrogen) atoms. The van der Waals surface area contributed by atoms with Gasteiger partial charge in [-0.05, 0) is 6.07 Å². The fourth-order valence-electron chi connectivity index (χ4n) is 1.47. The molecule has 0 unspecified atom stereocenters. The van der Waals surface area contributed by atoms with Gasteiger partial charge in [-0.15, -0.1) is 0 Å². The Morgan fingerprint density at radius 2 is 2.33 bits per heavy atom. The normalized spacial score (nSPS) is 10.3. The molecule has 0 saturated carbocycles. The molecule has 0 aliphatic heterocycles. The van der Waals surface area contributed by atoms with Gasteiger partial charge >= 0.3 is 0 Å². The predicted octanol–water partition coefficient (Wildman–Crippen LogP) is 0.918. The van der Waals surface area contributed by atoms with Crippen LogP contribution in [0.25, 0.3) is 0 Å². The maximum absolute atomic E-state index is 10.7. The summed E-state index contributed by atoms with van der Waals surface area (Å²) in [6.45, 7) is 0.425. The van der Waals surface area contributed by atoms with Crippen molar-refractivity contribution < 1.29 is 4.92 Å². The Bertz CT molecular complexity index is 579. The van der Waals surface area contributed by atoms with Gasteiger partial charge in [0.15, 0.2) is 0 Å². The van der Waals surface area contributed by atoms with Crippen LogP contribution in [-0.4, -0.2) is 19.7 Å². The maximum atomic E-state index is 10.7. The zero-order chi connectivity index (χ0) is 13.1. The van der Waals surface area contributed by atoms with Crippen LogP contribution in [0.15, 0.2) is 24.4 Å².